The molecule has 7 nitrogen and oxygen atoms in total. The number of para-hydroxylation sites is 1. The third-order valence-corrected chi connectivity index (χ3v) is 6.00. The first-order valence-electron chi connectivity index (χ1n) is 10.4. The average Bonchev–Trinajstić information content (AvgIpc) is 3.17. The molecule has 1 amide bonds. The molecule has 1 aromatic carbocycles. The number of aromatic amines is 2. The maximum absolute atomic E-state index is 12.7. The van der Waals surface area contributed by atoms with Gasteiger partial charge < -0.3 is 14.9 Å². The highest BCUT2D eigenvalue weighted by Gasteiger charge is 2.26. The van der Waals surface area contributed by atoms with E-state index in [1.54, 1.807) is 0 Å². The molecule has 1 fully saturated rings. The van der Waals surface area contributed by atoms with Crippen LogP contribution in [0.4, 0.5) is 0 Å². The number of aromatic nitrogens is 3. The first-order chi connectivity index (χ1) is 14.2. The molecule has 1 saturated heterocycles. The molecule has 4 heterocycles. The summed E-state index contributed by atoms with van der Waals surface area (Å²) in [6, 6.07) is 9.58. The van der Waals surface area contributed by atoms with Gasteiger partial charge in [-0.05, 0) is 43.5 Å². The summed E-state index contributed by atoms with van der Waals surface area (Å²) >= 11 is 0. The summed E-state index contributed by atoms with van der Waals surface area (Å²) in [6.45, 7) is 3.74. The molecule has 3 aromatic rings. The number of fused-ring (bicyclic) bond motifs is 2. The van der Waals surface area contributed by atoms with Gasteiger partial charge in [0.2, 0.25) is 5.91 Å². The maximum Gasteiger partial charge on any atom is 0.259 e. The van der Waals surface area contributed by atoms with E-state index < -0.39 is 0 Å². The minimum Gasteiger partial charge on any atom is -0.340 e. The number of rotatable bonds is 3. The lowest BCUT2D eigenvalue weighted by molar-refractivity contribution is -0.133. The highest BCUT2D eigenvalue weighted by molar-refractivity contribution is 5.82. The van der Waals surface area contributed by atoms with Crippen LogP contribution in [0.2, 0.25) is 0 Å². The Labute approximate surface area is 168 Å². The van der Waals surface area contributed by atoms with Crippen LogP contribution in [-0.2, 0) is 17.8 Å². The summed E-state index contributed by atoms with van der Waals surface area (Å²) in [4.78, 5) is 40.4. The van der Waals surface area contributed by atoms with E-state index in [1.807, 2.05) is 35.2 Å². The zero-order chi connectivity index (χ0) is 19.8. The van der Waals surface area contributed by atoms with Crippen LogP contribution in [0.15, 0.2) is 35.1 Å². The van der Waals surface area contributed by atoms with Crippen molar-refractivity contribution in [2.75, 3.05) is 26.2 Å². The molecule has 0 bridgehead atoms. The summed E-state index contributed by atoms with van der Waals surface area (Å²) in [5.74, 6) is 0.754. The van der Waals surface area contributed by atoms with Gasteiger partial charge in [-0.2, -0.15) is 0 Å². The first kappa shape index (κ1) is 18.1. The van der Waals surface area contributed by atoms with Crippen molar-refractivity contribution < 1.29 is 4.79 Å². The Balaban J connectivity index is 1.36. The minimum absolute atomic E-state index is 0.159. The van der Waals surface area contributed by atoms with Gasteiger partial charge in [0.1, 0.15) is 5.82 Å². The lowest BCUT2D eigenvalue weighted by Gasteiger charge is -2.31. The number of nitrogens with one attached hydrogen (secondary N) is 2. The van der Waals surface area contributed by atoms with Crippen LogP contribution in [0.5, 0.6) is 0 Å². The van der Waals surface area contributed by atoms with Crippen LogP contribution in [-0.4, -0.2) is 56.8 Å². The van der Waals surface area contributed by atoms with Gasteiger partial charge in [-0.3, -0.25) is 14.5 Å². The normalized spacial score (nSPS) is 17.4. The summed E-state index contributed by atoms with van der Waals surface area (Å²) in [6.07, 6.45) is 4.34. The molecular formula is C22H25N5O2. The fourth-order valence-corrected chi connectivity index (χ4v) is 4.37. The van der Waals surface area contributed by atoms with Gasteiger partial charge in [-0.25, -0.2) is 4.98 Å². The second-order valence-corrected chi connectivity index (χ2v) is 8.01. The van der Waals surface area contributed by atoms with Gasteiger partial charge in [0.25, 0.3) is 5.56 Å². The topological polar surface area (TPSA) is 85.1 Å². The second kappa shape index (κ2) is 7.48. The molecule has 2 aliphatic heterocycles. The molecule has 150 valence electrons. The first-order valence-corrected chi connectivity index (χ1v) is 10.4. The number of hydrogen-bond acceptors (Lipinski definition) is 4. The number of imidazole rings is 1. The van der Waals surface area contributed by atoms with Crippen molar-refractivity contribution in [1.82, 2.24) is 24.8 Å². The van der Waals surface area contributed by atoms with Crippen LogP contribution < -0.4 is 5.56 Å². The van der Waals surface area contributed by atoms with Crippen LogP contribution in [0.1, 0.15) is 30.7 Å². The summed E-state index contributed by atoms with van der Waals surface area (Å²) in [5, 5.41) is 0.967. The van der Waals surface area contributed by atoms with Crippen LogP contribution >= 0.6 is 0 Å². The Morgan fingerprint density at radius 3 is 2.76 bits per heavy atom. The number of hydrogen-bond donors (Lipinski definition) is 2. The molecule has 0 radical (unpaired) electrons. The van der Waals surface area contributed by atoms with E-state index >= 15 is 0 Å². The van der Waals surface area contributed by atoms with E-state index in [9.17, 15) is 9.59 Å². The van der Waals surface area contributed by atoms with Crippen molar-refractivity contribution >= 4 is 16.8 Å². The smallest absolute Gasteiger partial charge is 0.259 e. The molecule has 2 N–H and O–H groups in total. The van der Waals surface area contributed by atoms with Crippen molar-refractivity contribution in [3.63, 3.8) is 0 Å². The molecule has 0 spiro atoms. The molecule has 0 atom stereocenters. The van der Waals surface area contributed by atoms with Crippen LogP contribution in [0, 0.1) is 0 Å². The number of piperidine rings is 1. The minimum atomic E-state index is -0.159. The molecule has 2 aromatic heterocycles. The van der Waals surface area contributed by atoms with Crippen molar-refractivity contribution in [3.8, 4) is 11.4 Å². The van der Waals surface area contributed by atoms with E-state index in [2.05, 4.69) is 19.9 Å². The number of amides is 1. The van der Waals surface area contributed by atoms with Crippen LogP contribution in [0.25, 0.3) is 22.3 Å². The Morgan fingerprint density at radius 1 is 1.07 bits per heavy atom. The molecule has 2 aliphatic rings. The van der Waals surface area contributed by atoms with E-state index in [0.29, 0.717) is 37.4 Å². The SMILES string of the molecule is O=C(CN1CCCCC1)N1CCc2nc(-c3cc4ccccc4[nH]c3=O)[nH]c2C1. The summed E-state index contributed by atoms with van der Waals surface area (Å²) in [7, 11) is 0. The van der Waals surface area contributed by atoms with Gasteiger partial charge in [-0.15, -0.1) is 0 Å². The zero-order valence-corrected chi connectivity index (χ0v) is 16.4. The monoisotopic (exact) mass is 391 g/mol. The van der Waals surface area contributed by atoms with E-state index in [-0.39, 0.29) is 11.5 Å². The predicted molar refractivity (Wildman–Crippen MR) is 112 cm³/mol. The van der Waals surface area contributed by atoms with Crippen LogP contribution in [0.3, 0.4) is 0 Å². The van der Waals surface area contributed by atoms with Gasteiger partial charge in [-0.1, -0.05) is 24.6 Å². The fraction of sp³-hybridized carbons (Fsp3) is 0.409. The lowest BCUT2D eigenvalue weighted by atomic mass is 10.1. The van der Waals surface area contributed by atoms with Gasteiger partial charge in [0.05, 0.1) is 30.0 Å². The highest BCUT2D eigenvalue weighted by atomic mass is 16.2. The van der Waals surface area contributed by atoms with Gasteiger partial charge >= 0.3 is 0 Å². The molecular weight excluding hydrogens is 366 g/mol. The van der Waals surface area contributed by atoms with Crippen molar-refractivity contribution in [1.29, 1.82) is 0 Å². The van der Waals surface area contributed by atoms with Gasteiger partial charge in [0, 0.05) is 18.5 Å². The number of likely N-dealkylation sites (tertiary alicyclic amines) is 1. The lowest BCUT2D eigenvalue weighted by Crippen LogP contribution is -2.44. The fourth-order valence-electron chi connectivity index (χ4n) is 4.37. The molecule has 0 saturated carbocycles. The standard InChI is InChI=1S/C22H25N5O2/c28-20(14-26-9-4-1-5-10-26)27-11-8-18-19(13-27)24-21(23-18)16-12-15-6-2-3-7-17(15)25-22(16)29/h2-3,6-7,12H,1,4-5,8-11,13-14H2,(H,23,24)(H,25,29). The van der Waals surface area contributed by atoms with E-state index in [1.165, 1.54) is 19.3 Å². The van der Waals surface area contributed by atoms with Gasteiger partial charge in [0.15, 0.2) is 0 Å². The number of carbonyl (C=O) groups is 1. The molecule has 7 heteroatoms. The number of benzene rings is 1. The molecule has 29 heavy (non-hydrogen) atoms. The zero-order valence-electron chi connectivity index (χ0n) is 16.4. The number of carbonyl (C=O) groups excluding carboxylic acids is 1. The average molecular weight is 391 g/mol. The molecule has 0 aliphatic carbocycles. The third-order valence-electron chi connectivity index (χ3n) is 6.00. The maximum atomic E-state index is 12.7. The Bertz CT molecular complexity index is 1110. The number of nitrogens with zero attached hydrogens (tertiary/aromatic N) is 3. The molecule has 5 rings (SSSR count). The number of pyridine rings is 1. The Morgan fingerprint density at radius 2 is 1.90 bits per heavy atom. The summed E-state index contributed by atoms with van der Waals surface area (Å²) in [5.41, 5.74) is 3.07. The van der Waals surface area contributed by atoms with Crippen molar-refractivity contribution in [2.45, 2.75) is 32.2 Å². The van der Waals surface area contributed by atoms with E-state index in [0.717, 1.165) is 35.4 Å². The Kier molecular flexibility index (Phi) is 4.67. The predicted octanol–water partition coefficient (Wildman–Crippen LogP) is 2.29. The quantitative estimate of drug-likeness (QED) is 0.717. The largest absolute Gasteiger partial charge is 0.340 e. The third kappa shape index (κ3) is 3.58. The summed E-state index contributed by atoms with van der Waals surface area (Å²) < 4.78 is 0. The Hall–Kier alpha value is -2.93. The second-order valence-electron chi connectivity index (χ2n) is 8.01. The van der Waals surface area contributed by atoms with E-state index in [4.69, 9.17) is 0 Å². The highest BCUT2D eigenvalue weighted by Crippen LogP contribution is 2.23. The number of H-pyrrole nitrogens is 2. The van der Waals surface area contributed by atoms with Crippen molar-refractivity contribution in [3.05, 3.63) is 52.1 Å². The molecule has 0 unspecified atom stereocenters. The van der Waals surface area contributed by atoms with Crippen molar-refractivity contribution in [2.24, 2.45) is 0 Å².